The number of rotatable bonds is 4. The van der Waals surface area contributed by atoms with Crippen LogP contribution in [0.5, 0.6) is 0 Å². The Morgan fingerprint density at radius 3 is 2.20 bits per heavy atom. The van der Waals surface area contributed by atoms with Gasteiger partial charge in [-0.15, -0.1) is 0 Å². The van der Waals surface area contributed by atoms with E-state index in [4.69, 9.17) is 5.73 Å². The Kier molecular flexibility index (Phi) is 4.24. The van der Waals surface area contributed by atoms with E-state index in [9.17, 15) is 4.39 Å². The molecule has 0 aromatic heterocycles. The van der Waals surface area contributed by atoms with Crippen molar-refractivity contribution in [3.63, 3.8) is 0 Å². The van der Waals surface area contributed by atoms with E-state index in [1.807, 2.05) is 13.0 Å². The Bertz CT molecular complexity index is 585. The summed E-state index contributed by atoms with van der Waals surface area (Å²) in [6.07, 6.45) is 1.73. The van der Waals surface area contributed by atoms with Crippen LogP contribution in [0.15, 0.2) is 42.5 Å². The van der Waals surface area contributed by atoms with Crippen molar-refractivity contribution >= 4 is 0 Å². The first-order valence-electron chi connectivity index (χ1n) is 7.05. The minimum atomic E-state index is -0.567. The molecular weight excluding hydrogens is 249 g/mol. The van der Waals surface area contributed by atoms with Crippen LogP contribution in [0.1, 0.15) is 36.1 Å². The summed E-state index contributed by atoms with van der Waals surface area (Å²) in [4.78, 5) is 0. The number of hydrogen-bond donors (Lipinski definition) is 1. The molecule has 0 aliphatic carbocycles. The minimum absolute atomic E-state index is 0.194. The summed E-state index contributed by atoms with van der Waals surface area (Å²) in [6.45, 7) is 5.85. The van der Waals surface area contributed by atoms with Gasteiger partial charge in [0.2, 0.25) is 0 Å². The summed E-state index contributed by atoms with van der Waals surface area (Å²) < 4.78 is 13.7. The van der Waals surface area contributed by atoms with Crippen LogP contribution in [0.4, 0.5) is 4.39 Å². The van der Waals surface area contributed by atoms with Crippen molar-refractivity contribution in [1.82, 2.24) is 0 Å². The van der Waals surface area contributed by atoms with E-state index in [0.717, 1.165) is 12.0 Å². The highest BCUT2D eigenvalue weighted by atomic mass is 19.1. The number of benzene rings is 2. The fourth-order valence-corrected chi connectivity index (χ4v) is 2.37. The molecule has 1 unspecified atom stereocenters. The van der Waals surface area contributed by atoms with E-state index in [2.05, 4.69) is 31.2 Å². The quantitative estimate of drug-likeness (QED) is 0.889. The summed E-state index contributed by atoms with van der Waals surface area (Å²) in [7, 11) is 0. The molecule has 0 fully saturated rings. The van der Waals surface area contributed by atoms with Crippen LogP contribution >= 0.6 is 0 Å². The summed E-state index contributed by atoms with van der Waals surface area (Å²) >= 11 is 0. The van der Waals surface area contributed by atoms with E-state index < -0.39 is 5.54 Å². The first kappa shape index (κ1) is 14.7. The maximum absolute atomic E-state index is 13.7. The summed E-state index contributed by atoms with van der Waals surface area (Å²) in [6, 6.07) is 13.7. The highest BCUT2D eigenvalue weighted by molar-refractivity contribution is 5.32. The number of nitrogens with two attached hydrogens (primary N) is 1. The normalized spacial score (nSPS) is 14.1. The van der Waals surface area contributed by atoms with Crippen LogP contribution in [0.3, 0.4) is 0 Å². The van der Waals surface area contributed by atoms with E-state index in [1.54, 1.807) is 19.1 Å². The SMILES string of the molecule is CCc1ccc(CC(C)(N)c2ccc(C)c(F)c2)cc1. The summed E-state index contributed by atoms with van der Waals surface area (Å²) in [5, 5.41) is 0. The largest absolute Gasteiger partial charge is 0.321 e. The molecule has 2 heteroatoms. The Balaban J connectivity index is 2.22. The minimum Gasteiger partial charge on any atom is -0.321 e. The Morgan fingerprint density at radius 1 is 1.05 bits per heavy atom. The van der Waals surface area contributed by atoms with Gasteiger partial charge >= 0.3 is 0 Å². The van der Waals surface area contributed by atoms with Gasteiger partial charge in [-0.1, -0.05) is 43.3 Å². The topological polar surface area (TPSA) is 26.0 Å². The summed E-state index contributed by atoms with van der Waals surface area (Å²) in [5.41, 5.74) is 9.80. The number of aryl methyl sites for hydroxylation is 2. The Morgan fingerprint density at radius 2 is 1.65 bits per heavy atom. The van der Waals surface area contributed by atoms with Gasteiger partial charge in [0.15, 0.2) is 0 Å². The lowest BCUT2D eigenvalue weighted by Crippen LogP contribution is -2.35. The molecule has 0 saturated heterocycles. The standard InChI is InChI=1S/C18H22FN/c1-4-14-6-8-15(9-7-14)12-18(3,20)16-10-5-13(2)17(19)11-16/h5-11H,4,12,20H2,1-3H3. The molecule has 2 N–H and O–H groups in total. The molecule has 0 aliphatic heterocycles. The molecule has 2 rings (SSSR count). The van der Waals surface area contributed by atoms with Crippen LogP contribution in [0.2, 0.25) is 0 Å². The fourth-order valence-electron chi connectivity index (χ4n) is 2.37. The molecule has 0 bridgehead atoms. The first-order chi connectivity index (χ1) is 9.42. The van der Waals surface area contributed by atoms with Gasteiger partial charge in [0, 0.05) is 5.54 Å². The molecule has 1 nitrogen and oxygen atoms in total. The van der Waals surface area contributed by atoms with Gasteiger partial charge in [-0.25, -0.2) is 4.39 Å². The molecule has 106 valence electrons. The van der Waals surface area contributed by atoms with Crippen molar-refractivity contribution in [2.45, 2.75) is 39.2 Å². The van der Waals surface area contributed by atoms with E-state index >= 15 is 0 Å². The van der Waals surface area contributed by atoms with Crippen LogP contribution in [0.25, 0.3) is 0 Å². The molecule has 1 atom stereocenters. The van der Waals surface area contributed by atoms with Crippen molar-refractivity contribution in [3.05, 3.63) is 70.5 Å². The third-order valence-corrected chi connectivity index (χ3v) is 3.83. The molecule has 0 radical (unpaired) electrons. The van der Waals surface area contributed by atoms with Gasteiger partial charge in [0.05, 0.1) is 0 Å². The molecule has 0 saturated carbocycles. The van der Waals surface area contributed by atoms with Crippen molar-refractivity contribution < 1.29 is 4.39 Å². The van der Waals surface area contributed by atoms with Gasteiger partial charge in [-0.3, -0.25) is 0 Å². The molecule has 0 amide bonds. The van der Waals surface area contributed by atoms with Gasteiger partial charge in [-0.2, -0.15) is 0 Å². The number of halogens is 1. The van der Waals surface area contributed by atoms with E-state index in [0.29, 0.717) is 12.0 Å². The maximum Gasteiger partial charge on any atom is 0.126 e. The Labute approximate surface area is 120 Å². The highest BCUT2D eigenvalue weighted by Crippen LogP contribution is 2.24. The molecule has 0 heterocycles. The third kappa shape index (κ3) is 3.26. The van der Waals surface area contributed by atoms with Crippen molar-refractivity contribution in [3.8, 4) is 0 Å². The lowest BCUT2D eigenvalue weighted by Gasteiger charge is -2.26. The van der Waals surface area contributed by atoms with Crippen molar-refractivity contribution in [2.24, 2.45) is 5.73 Å². The van der Waals surface area contributed by atoms with Gasteiger partial charge in [0.1, 0.15) is 5.82 Å². The average Bonchev–Trinajstić information content (AvgIpc) is 2.42. The zero-order valence-electron chi connectivity index (χ0n) is 12.4. The molecule has 0 spiro atoms. The van der Waals surface area contributed by atoms with Gasteiger partial charge in [0.25, 0.3) is 0 Å². The molecule has 2 aromatic carbocycles. The van der Waals surface area contributed by atoms with Gasteiger partial charge in [-0.05, 0) is 55.0 Å². The molecule has 20 heavy (non-hydrogen) atoms. The molecule has 2 aromatic rings. The fraction of sp³-hybridized carbons (Fsp3) is 0.333. The van der Waals surface area contributed by atoms with E-state index in [1.165, 1.54) is 11.1 Å². The van der Waals surface area contributed by atoms with E-state index in [-0.39, 0.29) is 5.82 Å². The smallest absolute Gasteiger partial charge is 0.126 e. The van der Waals surface area contributed by atoms with Crippen LogP contribution in [-0.2, 0) is 18.4 Å². The first-order valence-corrected chi connectivity index (χ1v) is 7.05. The van der Waals surface area contributed by atoms with Crippen LogP contribution in [0, 0.1) is 12.7 Å². The highest BCUT2D eigenvalue weighted by Gasteiger charge is 2.22. The second-order valence-electron chi connectivity index (χ2n) is 5.73. The van der Waals surface area contributed by atoms with Crippen molar-refractivity contribution in [2.75, 3.05) is 0 Å². The molecular formula is C18H22FN. The number of hydrogen-bond acceptors (Lipinski definition) is 1. The predicted molar refractivity (Wildman–Crippen MR) is 82.2 cm³/mol. The van der Waals surface area contributed by atoms with Crippen molar-refractivity contribution in [1.29, 1.82) is 0 Å². The maximum atomic E-state index is 13.7. The monoisotopic (exact) mass is 271 g/mol. The lowest BCUT2D eigenvalue weighted by atomic mass is 9.86. The molecule has 0 aliphatic rings. The second kappa shape index (κ2) is 5.76. The van der Waals surface area contributed by atoms with Crippen LogP contribution < -0.4 is 5.73 Å². The zero-order chi connectivity index (χ0) is 14.8. The zero-order valence-corrected chi connectivity index (χ0v) is 12.4. The Hall–Kier alpha value is -1.67. The predicted octanol–water partition coefficient (Wildman–Crippen LogP) is 4.11. The van der Waals surface area contributed by atoms with Gasteiger partial charge < -0.3 is 5.73 Å². The lowest BCUT2D eigenvalue weighted by molar-refractivity contribution is 0.485. The third-order valence-electron chi connectivity index (χ3n) is 3.83. The average molecular weight is 271 g/mol. The summed E-state index contributed by atoms with van der Waals surface area (Å²) in [5.74, 6) is -0.194. The van der Waals surface area contributed by atoms with Crippen LogP contribution in [-0.4, -0.2) is 0 Å². The second-order valence-corrected chi connectivity index (χ2v) is 5.73.